The largest absolute Gasteiger partial charge is 0.314 e. The van der Waals surface area contributed by atoms with Crippen molar-refractivity contribution in [2.75, 3.05) is 13.1 Å². The molecule has 0 amide bonds. The quantitative estimate of drug-likeness (QED) is 0.796. The van der Waals surface area contributed by atoms with Gasteiger partial charge in [0.15, 0.2) is 0 Å². The van der Waals surface area contributed by atoms with Crippen LogP contribution in [0.1, 0.15) is 0 Å². The van der Waals surface area contributed by atoms with Gasteiger partial charge >= 0.3 is 0 Å². The monoisotopic (exact) mass is 205 g/mol. The predicted octanol–water partition coefficient (Wildman–Crippen LogP) is 2.47. The first-order valence-electron chi connectivity index (χ1n) is 3.47. The molecule has 0 spiro atoms. The molecule has 1 aliphatic heterocycles. The molecule has 0 radical (unpaired) electrons. The van der Waals surface area contributed by atoms with E-state index < -0.39 is 0 Å². The van der Waals surface area contributed by atoms with E-state index in [2.05, 4.69) is 11.4 Å². The van der Waals surface area contributed by atoms with Crippen LogP contribution in [0.3, 0.4) is 0 Å². The van der Waals surface area contributed by atoms with Gasteiger partial charge in [-0.1, -0.05) is 11.6 Å². The first-order chi connectivity index (χ1) is 5.34. The summed E-state index contributed by atoms with van der Waals surface area (Å²) in [6, 6.07) is 4.05. The van der Waals surface area contributed by atoms with E-state index in [1.54, 1.807) is 11.3 Å². The average Bonchev–Trinajstić information content (AvgIpc) is 2.27. The highest BCUT2D eigenvalue weighted by Gasteiger charge is 2.18. The third-order valence-corrected chi connectivity index (χ3v) is 4.17. The predicted molar refractivity (Wildman–Crippen MR) is 51.8 cm³/mol. The summed E-state index contributed by atoms with van der Waals surface area (Å²) in [5.74, 6) is 0. The van der Waals surface area contributed by atoms with Crippen LogP contribution in [-0.4, -0.2) is 18.3 Å². The molecular formula is C7H8ClNS2. The summed E-state index contributed by atoms with van der Waals surface area (Å²) in [6.45, 7) is 2.28. The Labute approximate surface area is 79.1 Å². The topological polar surface area (TPSA) is 12.0 Å². The first kappa shape index (κ1) is 7.92. The molecule has 1 aliphatic rings. The molecule has 0 atom stereocenters. The van der Waals surface area contributed by atoms with Crippen molar-refractivity contribution in [3.05, 3.63) is 16.5 Å². The highest BCUT2D eigenvalue weighted by atomic mass is 35.5. The van der Waals surface area contributed by atoms with E-state index in [0.29, 0.717) is 0 Å². The van der Waals surface area contributed by atoms with E-state index in [9.17, 15) is 0 Å². The molecule has 4 heteroatoms. The SMILES string of the molecule is Clc1ccc(SC2CNC2)s1. The van der Waals surface area contributed by atoms with Crippen LogP contribution in [0.25, 0.3) is 0 Å². The number of nitrogens with one attached hydrogen (secondary N) is 1. The van der Waals surface area contributed by atoms with Crippen molar-refractivity contribution in [3.8, 4) is 0 Å². The first-order valence-corrected chi connectivity index (χ1v) is 5.55. The lowest BCUT2D eigenvalue weighted by atomic mass is 10.3. The van der Waals surface area contributed by atoms with Gasteiger partial charge < -0.3 is 5.32 Å². The van der Waals surface area contributed by atoms with Gasteiger partial charge in [0.05, 0.1) is 8.55 Å². The maximum absolute atomic E-state index is 5.79. The van der Waals surface area contributed by atoms with E-state index in [-0.39, 0.29) is 0 Å². The standard InChI is InChI=1S/C7H8ClNS2/c8-6-1-2-7(11-6)10-5-3-9-4-5/h1-2,5,9H,3-4H2. The highest BCUT2D eigenvalue weighted by Crippen LogP contribution is 2.33. The molecule has 60 valence electrons. The minimum absolute atomic E-state index is 0.768. The molecule has 1 aromatic rings. The summed E-state index contributed by atoms with van der Waals surface area (Å²) in [4.78, 5) is 0. The summed E-state index contributed by atoms with van der Waals surface area (Å²) in [5, 5.41) is 4.01. The molecule has 0 bridgehead atoms. The van der Waals surface area contributed by atoms with Crippen LogP contribution in [0.2, 0.25) is 4.34 Å². The average molecular weight is 206 g/mol. The Bertz CT molecular complexity index is 244. The number of thioether (sulfide) groups is 1. The zero-order valence-corrected chi connectivity index (χ0v) is 8.23. The molecule has 1 nitrogen and oxygen atoms in total. The van der Waals surface area contributed by atoms with E-state index in [1.807, 2.05) is 17.8 Å². The van der Waals surface area contributed by atoms with E-state index in [1.165, 1.54) is 4.21 Å². The Morgan fingerprint density at radius 3 is 2.82 bits per heavy atom. The van der Waals surface area contributed by atoms with Crippen molar-refractivity contribution >= 4 is 34.7 Å². The molecular weight excluding hydrogens is 198 g/mol. The minimum Gasteiger partial charge on any atom is -0.314 e. The molecule has 1 saturated heterocycles. The van der Waals surface area contributed by atoms with Crippen molar-refractivity contribution < 1.29 is 0 Å². The number of hydrogen-bond donors (Lipinski definition) is 1. The Hall–Kier alpha value is 0.300. The lowest BCUT2D eigenvalue weighted by Crippen LogP contribution is -2.44. The van der Waals surface area contributed by atoms with Gasteiger partial charge in [-0.05, 0) is 12.1 Å². The summed E-state index contributed by atoms with van der Waals surface area (Å²) < 4.78 is 2.22. The maximum atomic E-state index is 5.79. The van der Waals surface area contributed by atoms with Gasteiger partial charge in [-0.15, -0.1) is 23.1 Å². The summed E-state index contributed by atoms with van der Waals surface area (Å²) >= 11 is 9.38. The number of halogens is 1. The Morgan fingerprint density at radius 1 is 1.55 bits per heavy atom. The molecule has 2 heterocycles. The van der Waals surface area contributed by atoms with E-state index in [0.717, 1.165) is 22.7 Å². The van der Waals surface area contributed by atoms with Gasteiger partial charge in [0.1, 0.15) is 0 Å². The molecule has 0 saturated carbocycles. The Balaban J connectivity index is 1.95. The fourth-order valence-electron chi connectivity index (χ4n) is 0.871. The van der Waals surface area contributed by atoms with Crippen LogP contribution in [0.15, 0.2) is 16.3 Å². The summed E-state index contributed by atoms with van der Waals surface area (Å²) in [6.07, 6.45) is 0. The second-order valence-corrected chi connectivity index (χ2v) is 5.77. The zero-order valence-electron chi connectivity index (χ0n) is 5.84. The van der Waals surface area contributed by atoms with Crippen molar-refractivity contribution in [1.29, 1.82) is 0 Å². The van der Waals surface area contributed by atoms with Crippen LogP contribution < -0.4 is 5.32 Å². The maximum Gasteiger partial charge on any atom is 0.0940 e. The van der Waals surface area contributed by atoms with Crippen molar-refractivity contribution in [1.82, 2.24) is 5.32 Å². The van der Waals surface area contributed by atoms with Crippen LogP contribution >= 0.6 is 34.7 Å². The summed E-state index contributed by atoms with van der Waals surface area (Å²) in [7, 11) is 0. The molecule has 0 aliphatic carbocycles. The van der Waals surface area contributed by atoms with Gasteiger partial charge in [0.25, 0.3) is 0 Å². The van der Waals surface area contributed by atoms with Gasteiger partial charge in [-0.3, -0.25) is 0 Å². The minimum atomic E-state index is 0.768. The molecule has 0 unspecified atom stereocenters. The normalized spacial score (nSPS) is 18.3. The van der Waals surface area contributed by atoms with E-state index in [4.69, 9.17) is 11.6 Å². The second kappa shape index (κ2) is 3.35. The van der Waals surface area contributed by atoms with E-state index >= 15 is 0 Å². The van der Waals surface area contributed by atoms with Crippen molar-refractivity contribution in [2.45, 2.75) is 9.46 Å². The second-order valence-electron chi connectivity index (χ2n) is 2.46. The van der Waals surface area contributed by atoms with Crippen LogP contribution in [0.4, 0.5) is 0 Å². The van der Waals surface area contributed by atoms with Crippen LogP contribution in [-0.2, 0) is 0 Å². The number of thiophene rings is 1. The molecule has 1 aromatic heterocycles. The number of hydrogen-bond acceptors (Lipinski definition) is 3. The van der Waals surface area contributed by atoms with Crippen molar-refractivity contribution in [3.63, 3.8) is 0 Å². The van der Waals surface area contributed by atoms with Gasteiger partial charge in [0, 0.05) is 18.3 Å². The van der Waals surface area contributed by atoms with Crippen molar-refractivity contribution in [2.24, 2.45) is 0 Å². The van der Waals surface area contributed by atoms with Crippen LogP contribution in [0.5, 0.6) is 0 Å². The van der Waals surface area contributed by atoms with Crippen LogP contribution in [0, 0.1) is 0 Å². The highest BCUT2D eigenvalue weighted by molar-refractivity contribution is 8.01. The molecule has 11 heavy (non-hydrogen) atoms. The fraction of sp³-hybridized carbons (Fsp3) is 0.429. The van der Waals surface area contributed by atoms with Gasteiger partial charge in [-0.25, -0.2) is 0 Å². The molecule has 1 N–H and O–H groups in total. The third kappa shape index (κ3) is 1.90. The number of rotatable bonds is 2. The summed E-state index contributed by atoms with van der Waals surface area (Å²) in [5.41, 5.74) is 0. The third-order valence-electron chi connectivity index (χ3n) is 1.58. The lowest BCUT2D eigenvalue weighted by molar-refractivity contribution is 0.544. The zero-order chi connectivity index (χ0) is 7.68. The Kier molecular flexibility index (Phi) is 2.42. The molecule has 1 fully saturated rings. The smallest absolute Gasteiger partial charge is 0.0940 e. The van der Waals surface area contributed by atoms with Gasteiger partial charge in [-0.2, -0.15) is 0 Å². The molecule has 0 aromatic carbocycles. The Morgan fingerprint density at radius 2 is 2.36 bits per heavy atom. The molecule has 2 rings (SSSR count). The van der Waals surface area contributed by atoms with Gasteiger partial charge in [0.2, 0.25) is 0 Å². The fourth-order valence-corrected chi connectivity index (χ4v) is 3.53. The lowest BCUT2D eigenvalue weighted by Gasteiger charge is -2.25.